The Morgan fingerprint density at radius 3 is 2.62 bits per heavy atom. The first kappa shape index (κ1) is 14.0. The summed E-state index contributed by atoms with van der Waals surface area (Å²) in [5.41, 5.74) is 1.37. The van der Waals surface area contributed by atoms with E-state index in [4.69, 9.17) is 4.74 Å². The van der Waals surface area contributed by atoms with Crippen molar-refractivity contribution in [2.75, 3.05) is 6.61 Å². The lowest BCUT2D eigenvalue weighted by molar-refractivity contribution is 0.325. The maximum atomic E-state index is 12.8. The second-order valence-corrected chi connectivity index (χ2v) is 6.66. The van der Waals surface area contributed by atoms with Crippen LogP contribution in [0.15, 0.2) is 48.5 Å². The molecule has 0 bridgehead atoms. The van der Waals surface area contributed by atoms with E-state index in [-0.39, 0.29) is 24.2 Å². The maximum absolute atomic E-state index is 12.8. The van der Waals surface area contributed by atoms with Crippen molar-refractivity contribution in [2.45, 2.75) is 11.8 Å². The van der Waals surface area contributed by atoms with E-state index in [9.17, 15) is 12.8 Å². The highest BCUT2D eigenvalue weighted by atomic mass is 32.2. The fourth-order valence-electron chi connectivity index (χ4n) is 2.32. The topological polar surface area (TPSA) is 55.4 Å². The van der Waals surface area contributed by atoms with Crippen LogP contribution in [0, 0.1) is 5.82 Å². The number of para-hydroxylation sites is 1. The molecule has 21 heavy (non-hydrogen) atoms. The molecule has 1 heterocycles. The van der Waals surface area contributed by atoms with Crippen molar-refractivity contribution in [1.82, 2.24) is 4.72 Å². The number of halogens is 1. The predicted octanol–water partition coefficient (Wildman–Crippen LogP) is 2.38. The zero-order chi connectivity index (χ0) is 14.9. The first-order valence-corrected chi connectivity index (χ1v) is 8.15. The van der Waals surface area contributed by atoms with Gasteiger partial charge in [0.2, 0.25) is 10.0 Å². The summed E-state index contributed by atoms with van der Waals surface area (Å²) < 4.78 is 45.3. The average molecular weight is 307 g/mol. The minimum atomic E-state index is -3.53. The van der Waals surface area contributed by atoms with Crippen molar-refractivity contribution in [3.8, 4) is 5.75 Å². The molecular formula is C15H14FNO3S. The molecule has 4 nitrogen and oxygen atoms in total. The van der Waals surface area contributed by atoms with Crippen LogP contribution in [0.1, 0.15) is 17.2 Å². The van der Waals surface area contributed by atoms with Gasteiger partial charge in [-0.3, -0.25) is 0 Å². The van der Waals surface area contributed by atoms with E-state index in [0.29, 0.717) is 11.3 Å². The van der Waals surface area contributed by atoms with Crippen molar-refractivity contribution in [1.29, 1.82) is 0 Å². The van der Waals surface area contributed by atoms with E-state index in [0.717, 1.165) is 5.56 Å². The Morgan fingerprint density at radius 1 is 1.14 bits per heavy atom. The van der Waals surface area contributed by atoms with Gasteiger partial charge < -0.3 is 4.74 Å². The van der Waals surface area contributed by atoms with Gasteiger partial charge in [0, 0.05) is 5.56 Å². The molecule has 1 atom stereocenters. The van der Waals surface area contributed by atoms with Crippen LogP contribution in [0.4, 0.5) is 4.39 Å². The number of hydrogen-bond donors (Lipinski definition) is 1. The Hall–Kier alpha value is -1.92. The third-order valence-corrected chi connectivity index (χ3v) is 4.65. The molecule has 0 saturated carbocycles. The second kappa shape index (κ2) is 5.46. The Bertz CT molecular complexity index is 744. The Labute approximate surface area is 122 Å². The van der Waals surface area contributed by atoms with E-state index < -0.39 is 10.0 Å². The molecule has 110 valence electrons. The Kier molecular flexibility index (Phi) is 3.65. The van der Waals surface area contributed by atoms with Crippen LogP contribution in [-0.2, 0) is 15.8 Å². The molecule has 0 amide bonds. The van der Waals surface area contributed by atoms with Crippen molar-refractivity contribution in [2.24, 2.45) is 0 Å². The maximum Gasteiger partial charge on any atom is 0.216 e. The zero-order valence-electron chi connectivity index (χ0n) is 11.1. The minimum absolute atomic E-state index is 0.189. The number of hydrogen-bond acceptors (Lipinski definition) is 3. The van der Waals surface area contributed by atoms with E-state index in [2.05, 4.69) is 4.72 Å². The molecule has 0 aromatic heterocycles. The summed E-state index contributed by atoms with van der Waals surface area (Å²) in [7, 11) is -3.53. The molecule has 1 aliphatic rings. The molecule has 1 N–H and O–H groups in total. The van der Waals surface area contributed by atoms with E-state index >= 15 is 0 Å². The molecule has 3 rings (SSSR count). The van der Waals surface area contributed by atoms with Crippen LogP contribution < -0.4 is 9.46 Å². The van der Waals surface area contributed by atoms with Crippen molar-refractivity contribution >= 4 is 10.0 Å². The summed E-state index contributed by atoms with van der Waals surface area (Å²) in [5, 5.41) is 0. The van der Waals surface area contributed by atoms with Gasteiger partial charge in [0.05, 0.1) is 11.8 Å². The Morgan fingerprint density at radius 2 is 1.86 bits per heavy atom. The normalized spacial score (nSPS) is 17.3. The number of benzene rings is 2. The third kappa shape index (κ3) is 3.22. The molecule has 1 unspecified atom stereocenters. The molecule has 0 aliphatic carbocycles. The molecule has 2 aromatic rings. The zero-order valence-corrected chi connectivity index (χ0v) is 11.9. The highest BCUT2D eigenvalue weighted by Gasteiger charge is 2.27. The minimum Gasteiger partial charge on any atom is -0.491 e. The molecule has 0 spiro atoms. The van der Waals surface area contributed by atoms with Gasteiger partial charge in [-0.1, -0.05) is 30.3 Å². The third-order valence-electron chi connectivity index (χ3n) is 3.29. The first-order chi connectivity index (χ1) is 10.0. The predicted molar refractivity (Wildman–Crippen MR) is 76.8 cm³/mol. The largest absolute Gasteiger partial charge is 0.491 e. The lowest BCUT2D eigenvalue weighted by Gasteiger charge is -2.12. The number of nitrogens with one attached hydrogen (secondary N) is 1. The van der Waals surface area contributed by atoms with E-state index in [1.165, 1.54) is 24.3 Å². The number of ether oxygens (including phenoxy) is 1. The van der Waals surface area contributed by atoms with Crippen molar-refractivity contribution < 1.29 is 17.5 Å². The van der Waals surface area contributed by atoms with Gasteiger partial charge in [0.25, 0.3) is 0 Å². The van der Waals surface area contributed by atoms with Gasteiger partial charge in [0.15, 0.2) is 0 Å². The van der Waals surface area contributed by atoms with Crippen LogP contribution in [0.3, 0.4) is 0 Å². The summed E-state index contributed by atoms with van der Waals surface area (Å²) in [4.78, 5) is 0. The summed E-state index contributed by atoms with van der Waals surface area (Å²) in [6.07, 6.45) is 0. The molecule has 0 saturated heterocycles. The highest BCUT2D eigenvalue weighted by Crippen LogP contribution is 2.32. The average Bonchev–Trinajstić information content (AvgIpc) is 2.84. The van der Waals surface area contributed by atoms with Crippen LogP contribution >= 0.6 is 0 Å². The molecule has 1 aliphatic heterocycles. The van der Waals surface area contributed by atoms with E-state index in [1.807, 2.05) is 24.3 Å². The lowest BCUT2D eigenvalue weighted by atomic mass is 10.1. The van der Waals surface area contributed by atoms with Crippen LogP contribution in [0.25, 0.3) is 0 Å². The summed E-state index contributed by atoms with van der Waals surface area (Å²) >= 11 is 0. The summed E-state index contributed by atoms with van der Waals surface area (Å²) in [6, 6.07) is 12.4. The van der Waals surface area contributed by atoms with Gasteiger partial charge in [-0.05, 0) is 23.8 Å². The fourth-order valence-corrected chi connectivity index (χ4v) is 3.66. The number of fused-ring (bicyclic) bond motifs is 1. The Balaban J connectivity index is 1.74. The van der Waals surface area contributed by atoms with E-state index in [1.54, 1.807) is 0 Å². The van der Waals surface area contributed by atoms with Gasteiger partial charge in [-0.2, -0.15) is 0 Å². The monoisotopic (exact) mass is 307 g/mol. The van der Waals surface area contributed by atoms with Gasteiger partial charge >= 0.3 is 0 Å². The summed E-state index contributed by atoms with van der Waals surface area (Å²) in [5.74, 6) is 0.126. The molecule has 2 aromatic carbocycles. The lowest BCUT2D eigenvalue weighted by Crippen LogP contribution is -2.30. The van der Waals surface area contributed by atoms with Crippen LogP contribution in [-0.4, -0.2) is 15.0 Å². The summed E-state index contributed by atoms with van der Waals surface area (Å²) in [6.45, 7) is 0.280. The van der Waals surface area contributed by atoms with Crippen molar-refractivity contribution in [3.05, 3.63) is 65.5 Å². The quantitative estimate of drug-likeness (QED) is 0.943. The molecule has 0 fully saturated rings. The molecular weight excluding hydrogens is 293 g/mol. The van der Waals surface area contributed by atoms with Gasteiger partial charge in [-0.15, -0.1) is 0 Å². The SMILES string of the molecule is O=S(=O)(Cc1ccc(F)cc1)NC1COc2ccccc21. The second-order valence-electron chi connectivity index (χ2n) is 4.90. The van der Waals surface area contributed by atoms with Crippen LogP contribution in [0.2, 0.25) is 0 Å². The molecule has 6 heteroatoms. The van der Waals surface area contributed by atoms with Gasteiger partial charge in [-0.25, -0.2) is 17.5 Å². The molecule has 0 radical (unpaired) electrons. The van der Waals surface area contributed by atoms with Crippen molar-refractivity contribution in [3.63, 3.8) is 0 Å². The van der Waals surface area contributed by atoms with Crippen LogP contribution in [0.5, 0.6) is 5.75 Å². The highest BCUT2D eigenvalue weighted by molar-refractivity contribution is 7.88. The smallest absolute Gasteiger partial charge is 0.216 e. The standard InChI is InChI=1S/C15H14FNO3S/c16-12-7-5-11(6-8-12)10-21(18,19)17-14-9-20-15-4-2-1-3-13(14)15/h1-8,14,17H,9-10H2. The van der Waals surface area contributed by atoms with Gasteiger partial charge in [0.1, 0.15) is 18.2 Å². The number of rotatable bonds is 4. The first-order valence-electron chi connectivity index (χ1n) is 6.50. The fraction of sp³-hybridized carbons (Fsp3) is 0.200. The number of sulfonamides is 1.